The number of nitrogens with one attached hydrogen (secondary N) is 1. The predicted molar refractivity (Wildman–Crippen MR) is 32.5 cm³/mol. The Morgan fingerprint density at radius 2 is 2.25 bits per heavy atom. The lowest BCUT2D eigenvalue weighted by molar-refractivity contribution is 0.503. The van der Waals surface area contributed by atoms with Crippen molar-refractivity contribution in [2.75, 3.05) is 6.54 Å². The molecule has 1 heterocycles. The molecule has 1 aliphatic heterocycles. The quantitative estimate of drug-likeness (QED) is 0.451. The van der Waals surface area contributed by atoms with Crippen LogP contribution in [0.3, 0.4) is 0 Å². The Kier molecular flexibility index (Phi) is 0.866. The molecule has 3 N–H and O–H groups in total. The molecule has 1 saturated heterocycles. The molecule has 1 saturated carbocycles. The van der Waals surface area contributed by atoms with Crippen LogP contribution in [0.5, 0.6) is 0 Å². The monoisotopic (exact) mass is 112 g/mol. The lowest BCUT2D eigenvalue weighted by Gasteiger charge is -2.07. The minimum absolute atomic E-state index is 0.481. The maximum atomic E-state index is 5.82. The number of rotatable bonds is 0. The second-order valence-electron chi connectivity index (χ2n) is 2.93. The molecule has 0 spiro atoms. The zero-order valence-electron chi connectivity index (χ0n) is 4.93. The summed E-state index contributed by atoms with van der Waals surface area (Å²) in [4.78, 5) is 0. The van der Waals surface area contributed by atoms with Crippen LogP contribution < -0.4 is 11.1 Å². The minimum atomic E-state index is 0.481. The van der Waals surface area contributed by atoms with Gasteiger partial charge in [0.05, 0.1) is 0 Å². The fourth-order valence-electron chi connectivity index (χ4n) is 1.89. The van der Waals surface area contributed by atoms with E-state index in [2.05, 4.69) is 5.32 Å². The maximum Gasteiger partial charge on any atom is 0.0235 e. The molecule has 0 aromatic rings. The molecule has 2 heteroatoms. The molecule has 2 rings (SSSR count). The molecule has 0 aromatic heterocycles. The average Bonchev–Trinajstić information content (AvgIpc) is 2.29. The fourth-order valence-corrected chi connectivity index (χ4v) is 1.89. The van der Waals surface area contributed by atoms with Crippen molar-refractivity contribution in [2.24, 2.45) is 11.7 Å². The number of fused-ring (bicyclic) bond motifs is 2. The zero-order valence-corrected chi connectivity index (χ0v) is 4.93. The van der Waals surface area contributed by atoms with Crippen LogP contribution in [-0.4, -0.2) is 18.6 Å². The summed E-state index contributed by atoms with van der Waals surface area (Å²) in [6.07, 6.45) is 2.67. The van der Waals surface area contributed by atoms with E-state index < -0.39 is 0 Å². The van der Waals surface area contributed by atoms with Gasteiger partial charge in [0.15, 0.2) is 0 Å². The van der Waals surface area contributed by atoms with Gasteiger partial charge in [-0.25, -0.2) is 0 Å². The standard InChI is InChI=1S/C6H12N2/c7-6-4-1-2-5(6)8-3-4/h4-6,8H,1-3,7H2/t4-,5-,6-/m1/s1. The third-order valence-electron chi connectivity index (χ3n) is 2.50. The Morgan fingerprint density at radius 1 is 1.38 bits per heavy atom. The summed E-state index contributed by atoms with van der Waals surface area (Å²) in [5.41, 5.74) is 5.82. The van der Waals surface area contributed by atoms with Gasteiger partial charge < -0.3 is 11.1 Å². The van der Waals surface area contributed by atoms with Crippen molar-refractivity contribution < 1.29 is 0 Å². The molecule has 2 aliphatic rings. The Hall–Kier alpha value is -0.0800. The molecular formula is C6H12N2. The minimum Gasteiger partial charge on any atom is -0.326 e. The van der Waals surface area contributed by atoms with Gasteiger partial charge in [0, 0.05) is 12.1 Å². The highest BCUT2D eigenvalue weighted by Crippen LogP contribution is 2.29. The van der Waals surface area contributed by atoms with Gasteiger partial charge >= 0.3 is 0 Å². The summed E-state index contributed by atoms with van der Waals surface area (Å²) in [5.74, 6) is 0.806. The SMILES string of the molecule is N[C@@H]1[C@@H]2CC[C@H]1NC2. The summed E-state index contributed by atoms with van der Waals surface area (Å²) in [5, 5.41) is 3.38. The van der Waals surface area contributed by atoms with Crippen molar-refractivity contribution in [2.45, 2.75) is 24.9 Å². The molecule has 0 unspecified atom stereocenters. The molecule has 8 heavy (non-hydrogen) atoms. The van der Waals surface area contributed by atoms with Crippen LogP contribution in [0.1, 0.15) is 12.8 Å². The second kappa shape index (κ2) is 1.45. The summed E-state index contributed by atoms with van der Waals surface area (Å²) in [6, 6.07) is 1.15. The van der Waals surface area contributed by atoms with Crippen LogP contribution in [0.4, 0.5) is 0 Å². The Balaban J connectivity index is 2.16. The van der Waals surface area contributed by atoms with Crippen LogP contribution in [0.15, 0.2) is 0 Å². The molecular weight excluding hydrogens is 100 g/mol. The van der Waals surface area contributed by atoms with Crippen molar-refractivity contribution >= 4 is 0 Å². The van der Waals surface area contributed by atoms with Gasteiger partial charge in [-0.1, -0.05) is 0 Å². The molecule has 46 valence electrons. The molecule has 2 nitrogen and oxygen atoms in total. The number of hydrogen-bond acceptors (Lipinski definition) is 2. The number of hydrogen-bond donors (Lipinski definition) is 2. The highest BCUT2D eigenvalue weighted by atomic mass is 15.0. The molecule has 2 fully saturated rings. The van der Waals surface area contributed by atoms with Gasteiger partial charge in [0.2, 0.25) is 0 Å². The molecule has 0 aromatic carbocycles. The topological polar surface area (TPSA) is 38.0 Å². The molecule has 0 radical (unpaired) electrons. The van der Waals surface area contributed by atoms with Crippen molar-refractivity contribution in [3.63, 3.8) is 0 Å². The fraction of sp³-hybridized carbons (Fsp3) is 1.00. The van der Waals surface area contributed by atoms with Crippen LogP contribution in [0.2, 0.25) is 0 Å². The van der Waals surface area contributed by atoms with E-state index >= 15 is 0 Å². The second-order valence-corrected chi connectivity index (χ2v) is 2.93. The first-order chi connectivity index (χ1) is 3.88. The molecule has 1 aliphatic carbocycles. The van der Waals surface area contributed by atoms with E-state index in [1.807, 2.05) is 0 Å². The van der Waals surface area contributed by atoms with E-state index in [-0.39, 0.29) is 0 Å². The zero-order chi connectivity index (χ0) is 5.56. The lowest BCUT2D eigenvalue weighted by atomic mass is 10.1. The first kappa shape index (κ1) is 4.77. The summed E-state index contributed by atoms with van der Waals surface area (Å²) in [6.45, 7) is 1.17. The van der Waals surface area contributed by atoms with E-state index in [0.717, 1.165) is 5.92 Å². The summed E-state index contributed by atoms with van der Waals surface area (Å²) in [7, 11) is 0. The van der Waals surface area contributed by atoms with E-state index in [1.165, 1.54) is 19.4 Å². The van der Waals surface area contributed by atoms with Crippen molar-refractivity contribution in [3.05, 3.63) is 0 Å². The van der Waals surface area contributed by atoms with Crippen LogP contribution >= 0.6 is 0 Å². The van der Waals surface area contributed by atoms with Gasteiger partial charge in [-0.05, 0) is 25.3 Å². The molecule has 3 atom stereocenters. The van der Waals surface area contributed by atoms with E-state index in [9.17, 15) is 0 Å². The maximum absolute atomic E-state index is 5.82. The first-order valence-electron chi connectivity index (χ1n) is 3.37. The third kappa shape index (κ3) is 0.446. The van der Waals surface area contributed by atoms with Crippen molar-refractivity contribution in [1.82, 2.24) is 5.32 Å². The normalized spacial score (nSPS) is 52.9. The largest absolute Gasteiger partial charge is 0.326 e. The van der Waals surface area contributed by atoms with Crippen LogP contribution in [0, 0.1) is 5.92 Å². The Bertz CT molecular complexity index is 82.7. The van der Waals surface area contributed by atoms with Gasteiger partial charge in [0.1, 0.15) is 0 Å². The van der Waals surface area contributed by atoms with E-state index in [1.54, 1.807) is 0 Å². The van der Waals surface area contributed by atoms with Crippen LogP contribution in [0.25, 0.3) is 0 Å². The van der Waals surface area contributed by atoms with Crippen LogP contribution in [-0.2, 0) is 0 Å². The first-order valence-corrected chi connectivity index (χ1v) is 3.37. The Labute approximate surface area is 49.4 Å². The summed E-state index contributed by atoms with van der Waals surface area (Å²) >= 11 is 0. The van der Waals surface area contributed by atoms with Crippen molar-refractivity contribution in [1.29, 1.82) is 0 Å². The van der Waals surface area contributed by atoms with Crippen molar-refractivity contribution in [3.8, 4) is 0 Å². The average molecular weight is 112 g/mol. The molecule has 2 bridgehead atoms. The third-order valence-corrected chi connectivity index (χ3v) is 2.50. The smallest absolute Gasteiger partial charge is 0.0235 e. The Morgan fingerprint density at radius 3 is 2.38 bits per heavy atom. The van der Waals surface area contributed by atoms with Gasteiger partial charge in [-0.2, -0.15) is 0 Å². The highest BCUT2D eigenvalue weighted by molar-refractivity contribution is 4.99. The predicted octanol–water partition coefficient (Wildman–Crippen LogP) is -0.305. The highest BCUT2D eigenvalue weighted by Gasteiger charge is 2.38. The van der Waals surface area contributed by atoms with E-state index in [0.29, 0.717) is 12.1 Å². The van der Waals surface area contributed by atoms with Gasteiger partial charge in [-0.3, -0.25) is 0 Å². The van der Waals surface area contributed by atoms with Gasteiger partial charge in [0.25, 0.3) is 0 Å². The number of nitrogens with two attached hydrogens (primary N) is 1. The van der Waals surface area contributed by atoms with Gasteiger partial charge in [-0.15, -0.1) is 0 Å². The number of piperidine rings is 1. The summed E-state index contributed by atoms with van der Waals surface area (Å²) < 4.78 is 0. The molecule has 0 amide bonds. The van der Waals surface area contributed by atoms with E-state index in [4.69, 9.17) is 5.73 Å². The lowest BCUT2D eigenvalue weighted by Crippen LogP contribution is -2.33.